The monoisotopic (exact) mass is 273 g/mol. The van der Waals surface area contributed by atoms with Crippen LogP contribution in [0.3, 0.4) is 0 Å². The molecule has 0 saturated carbocycles. The molecular formula is C13H20ClNOS. The van der Waals surface area contributed by atoms with Gasteiger partial charge < -0.3 is 10.1 Å². The Kier molecular flexibility index (Phi) is 6.78. The van der Waals surface area contributed by atoms with Crippen molar-refractivity contribution in [1.82, 2.24) is 5.32 Å². The van der Waals surface area contributed by atoms with Gasteiger partial charge in [0.15, 0.2) is 0 Å². The van der Waals surface area contributed by atoms with E-state index >= 15 is 0 Å². The number of hydrogen-bond acceptors (Lipinski definition) is 3. The van der Waals surface area contributed by atoms with Gasteiger partial charge in [0.05, 0.1) is 6.61 Å². The largest absolute Gasteiger partial charge is 0.492 e. The lowest BCUT2D eigenvalue weighted by molar-refractivity contribution is 0.338. The van der Waals surface area contributed by atoms with E-state index < -0.39 is 0 Å². The van der Waals surface area contributed by atoms with Crippen molar-refractivity contribution in [3.05, 3.63) is 28.8 Å². The van der Waals surface area contributed by atoms with Crippen LogP contribution in [0.25, 0.3) is 0 Å². The van der Waals surface area contributed by atoms with Crippen LogP contribution >= 0.6 is 23.4 Å². The molecule has 0 bridgehead atoms. The Morgan fingerprint density at radius 3 is 2.82 bits per heavy atom. The van der Waals surface area contributed by atoms with Gasteiger partial charge in [-0.05, 0) is 24.5 Å². The van der Waals surface area contributed by atoms with E-state index in [-0.39, 0.29) is 0 Å². The number of hydrogen-bond donors (Lipinski definition) is 1. The Hall–Kier alpha value is -0.380. The number of ether oxygens (including phenoxy) is 1. The highest BCUT2D eigenvalue weighted by Crippen LogP contribution is 2.23. The fraction of sp³-hybridized carbons (Fsp3) is 0.538. The van der Waals surface area contributed by atoms with Crippen LogP contribution in [-0.4, -0.2) is 24.7 Å². The summed E-state index contributed by atoms with van der Waals surface area (Å²) < 4.78 is 5.75. The van der Waals surface area contributed by atoms with E-state index in [1.807, 2.05) is 18.2 Å². The van der Waals surface area contributed by atoms with Gasteiger partial charge in [0.1, 0.15) is 5.75 Å². The molecule has 0 spiro atoms. The molecule has 0 aliphatic heterocycles. The molecule has 0 aliphatic carbocycles. The molecule has 1 aromatic carbocycles. The zero-order valence-corrected chi connectivity index (χ0v) is 12.2. The second-order valence-electron chi connectivity index (χ2n) is 4.13. The molecule has 17 heavy (non-hydrogen) atoms. The highest BCUT2D eigenvalue weighted by Gasteiger charge is 2.05. The Morgan fingerprint density at radius 2 is 2.18 bits per heavy atom. The van der Waals surface area contributed by atoms with Crippen LogP contribution in [0.15, 0.2) is 18.2 Å². The highest BCUT2D eigenvalue weighted by atomic mass is 35.5. The molecule has 0 unspecified atom stereocenters. The molecular weight excluding hydrogens is 254 g/mol. The quantitative estimate of drug-likeness (QED) is 0.768. The second kappa shape index (κ2) is 7.85. The summed E-state index contributed by atoms with van der Waals surface area (Å²) in [7, 11) is 0. The molecule has 1 aromatic rings. The molecule has 0 aromatic heterocycles. The molecule has 0 saturated heterocycles. The number of benzene rings is 1. The summed E-state index contributed by atoms with van der Waals surface area (Å²) in [5, 5.41) is 4.13. The summed E-state index contributed by atoms with van der Waals surface area (Å²) in [6.45, 7) is 5.77. The van der Waals surface area contributed by atoms with Crippen molar-refractivity contribution in [1.29, 1.82) is 0 Å². The first-order chi connectivity index (χ1) is 8.13. The van der Waals surface area contributed by atoms with Gasteiger partial charge in [0.2, 0.25) is 0 Å². The zero-order valence-electron chi connectivity index (χ0n) is 10.6. The lowest BCUT2D eigenvalue weighted by Crippen LogP contribution is -2.22. The minimum Gasteiger partial charge on any atom is -0.492 e. The van der Waals surface area contributed by atoms with E-state index in [0.29, 0.717) is 6.04 Å². The van der Waals surface area contributed by atoms with Crippen LogP contribution in [0, 0.1) is 0 Å². The van der Waals surface area contributed by atoms with Crippen LogP contribution in [0.1, 0.15) is 19.4 Å². The summed E-state index contributed by atoms with van der Waals surface area (Å²) in [6.07, 6.45) is 2.08. The smallest absolute Gasteiger partial charge is 0.123 e. The van der Waals surface area contributed by atoms with Crippen molar-refractivity contribution in [3.63, 3.8) is 0 Å². The number of thioether (sulfide) groups is 1. The molecule has 1 rings (SSSR count). The minimum absolute atomic E-state index is 0.452. The summed E-state index contributed by atoms with van der Waals surface area (Å²) >= 11 is 7.79. The summed E-state index contributed by atoms with van der Waals surface area (Å²) in [5.41, 5.74) is 1.12. The van der Waals surface area contributed by atoms with Gasteiger partial charge in [0.25, 0.3) is 0 Å². The van der Waals surface area contributed by atoms with Crippen LogP contribution in [-0.2, 0) is 6.54 Å². The van der Waals surface area contributed by atoms with Crippen molar-refractivity contribution in [2.45, 2.75) is 26.4 Å². The third kappa shape index (κ3) is 5.66. The fourth-order valence-electron chi connectivity index (χ4n) is 1.38. The number of nitrogens with one attached hydrogen (secondary N) is 1. The molecule has 96 valence electrons. The third-order valence-corrected chi connectivity index (χ3v) is 3.08. The summed E-state index contributed by atoms with van der Waals surface area (Å²) in [5.74, 6) is 1.93. The van der Waals surface area contributed by atoms with Gasteiger partial charge in [-0.1, -0.05) is 25.4 Å². The topological polar surface area (TPSA) is 21.3 Å². The standard InChI is InChI=1S/C13H20ClNOS/c1-10(2)15-9-11-8-12(14)4-5-13(11)16-6-7-17-3/h4-5,8,10,15H,6-7,9H2,1-3H3. The first-order valence-corrected chi connectivity index (χ1v) is 7.54. The van der Waals surface area contributed by atoms with E-state index in [4.69, 9.17) is 16.3 Å². The minimum atomic E-state index is 0.452. The molecule has 0 radical (unpaired) electrons. The van der Waals surface area contributed by atoms with Crippen LogP contribution < -0.4 is 10.1 Å². The van der Waals surface area contributed by atoms with Gasteiger partial charge in [-0.2, -0.15) is 11.8 Å². The Morgan fingerprint density at radius 1 is 1.41 bits per heavy atom. The van der Waals surface area contributed by atoms with Crippen molar-refractivity contribution in [2.75, 3.05) is 18.6 Å². The van der Waals surface area contributed by atoms with E-state index in [9.17, 15) is 0 Å². The van der Waals surface area contributed by atoms with E-state index in [0.717, 1.165) is 35.2 Å². The highest BCUT2D eigenvalue weighted by molar-refractivity contribution is 7.98. The van der Waals surface area contributed by atoms with Crippen LogP contribution in [0.5, 0.6) is 5.75 Å². The lowest BCUT2D eigenvalue weighted by atomic mass is 10.2. The first-order valence-electron chi connectivity index (χ1n) is 5.77. The third-order valence-electron chi connectivity index (χ3n) is 2.27. The second-order valence-corrected chi connectivity index (χ2v) is 5.55. The average Bonchev–Trinajstić information content (AvgIpc) is 2.29. The molecule has 1 N–H and O–H groups in total. The normalized spacial score (nSPS) is 10.9. The van der Waals surface area contributed by atoms with Crippen LogP contribution in [0.4, 0.5) is 0 Å². The number of halogens is 1. The van der Waals surface area contributed by atoms with E-state index in [1.54, 1.807) is 11.8 Å². The van der Waals surface area contributed by atoms with Gasteiger partial charge in [0, 0.05) is 28.9 Å². The van der Waals surface area contributed by atoms with Gasteiger partial charge in [-0.25, -0.2) is 0 Å². The van der Waals surface area contributed by atoms with Crippen LogP contribution in [0.2, 0.25) is 5.02 Å². The maximum atomic E-state index is 6.01. The maximum absolute atomic E-state index is 6.01. The lowest BCUT2D eigenvalue weighted by Gasteiger charge is -2.14. The molecule has 0 amide bonds. The first kappa shape index (κ1) is 14.7. The summed E-state index contributed by atoms with van der Waals surface area (Å²) in [4.78, 5) is 0. The molecule has 0 atom stereocenters. The predicted molar refractivity (Wildman–Crippen MR) is 77.3 cm³/mol. The van der Waals surface area contributed by atoms with Gasteiger partial charge >= 0.3 is 0 Å². The van der Waals surface area contributed by atoms with Crippen molar-refractivity contribution in [3.8, 4) is 5.75 Å². The Bertz CT molecular complexity index is 344. The Labute approximate surface area is 113 Å². The summed E-state index contributed by atoms with van der Waals surface area (Å²) in [6, 6.07) is 6.23. The predicted octanol–water partition coefficient (Wildman–Crippen LogP) is 3.58. The Balaban J connectivity index is 2.66. The van der Waals surface area contributed by atoms with Crippen molar-refractivity contribution in [2.24, 2.45) is 0 Å². The van der Waals surface area contributed by atoms with Crippen molar-refractivity contribution < 1.29 is 4.74 Å². The van der Waals surface area contributed by atoms with E-state index in [2.05, 4.69) is 25.4 Å². The molecule has 0 fully saturated rings. The van der Waals surface area contributed by atoms with Gasteiger partial charge in [-0.3, -0.25) is 0 Å². The molecule has 0 heterocycles. The molecule has 0 aliphatic rings. The average molecular weight is 274 g/mol. The SMILES string of the molecule is CSCCOc1ccc(Cl)cc1CNC(C)C. The maximum Gasteiger partial charge on any atom is 0.123 e. The van der Waals surface area contributed by atoms with E-state index in [1.165, 1.54) is 0 Å². The van der Waals surface area contributed by atoms with Crippen molar-refractivity contribution >= 4 is 23.4 Å². The molecule has 2 nitrogen and oxygen atoms in total. The number of rotatable bonds is 7. The zero-order chi connectivity index (χ0) is 12.7. The molecule has 4 heteroatoms. The fourth-order valence-corrected chi connectivity index (χ4v) is 1.82. The van der Waals surface area contributed by atoms with Gasteiger partial charge in [-0.15, -0.1) is 0 Å².